The van der Waals surface area contributed by atoms with Crippen molar-refractivity contribution >= 4 is 5.91 Å². The average Bonchev–Trinajstić information content (AvgIpc) is 3.30. The Bertz CT molecular complexity index is 1200. The molecule has 2 aromatic carbocycles. The Balaban J connectivity index is 1.44. The SMILES string of the molecule is CC(C)n1cc(C(F)(F)F)nc1-c1ccc(OCC(O)CNCCOc2ccc(O)c(C(N)=O)c2)cc1. The number of hydrogen-bond donors (Lipinski definition) is 4. The lowest BCUT2D eigenvalue weighted by Crippen LogP contribution is -2.33. The third-order valence-corrected chi connectivity index (χ3v) is 5.29. The van der Waals surface area contributed by atoms with Crippen molar-refractivity contribution in [2.75, 3.05) is 26.3 Å². The number of aliphatic hydroxyl groups is 1. The topological polar surface area (TPSA) is 132 Å². The average molecular weight is 523 g/mol. The summed E-state index contributed by atoms with van der Waals surface area (Å²) in [6.45, 7) is 4.39. The van der Waals surface area contributed by atoms with E-state index in [0.717, 1.165) is 6.20 Å². The van der Waals surface area contributed by atoms with E-state index < -0.39 is 23.9 Å². The molecular weight excluding hydrogens is 493 g/mol. The van der Waals surface area contributed by atoms with Crippen LogP contribution in [0.2, 0.25) is 0 Å². The largest absolute Gasteiger partial charge is 0.507 e. The first-order chi connectivity index (χ1) is 17.5. The molecule has 1 unspecified atom stereocenters. The van der Waals surface area contributed by atoms with Crippen LogP contribution in [-0.4, -0.2) is 58.1 Å². The molecule has 0 spiro atoms. The number of aromatic nitrogens is 2. The second-order valence-electron chi connectivity index (χ2n) is 8.53. The number of imidazole rings is 1. The molecule has 9 nitrogen and oxygen atoms in total. The number of aliphatic hydroxyl groups excluding tert-OH is 1. The number of phenols is 1. The van der Waals surface area contributed by atoms with Gasteiger partial charge in [-0.1, -0.05) is 0 Å². The van der Waals surface area contributed by atoms with Crippen molar-refractivity contribution in [2.45, 2.75) is 32.2 Å². The quantitative estimate of drug-likeness (QED) is 0.268. The molecule has 1 amide bonds. The van der Waals surface area contributed by atoms with E-state index in [-0.39, 0.29) is 42.9 Å². The number of aromatic hydroxyl groups is 1. The molecule has 37 heavy (non-hydrogen) atoms. The molecule has 0 saturated carbocycles. The van der Waals surface area contributed by atoms with Crippen LogP contribution < -0.4 is 20.5 Å². The van der Waals surface area contributed by atoms with Crippen LogP contribution in [0.15, 0.2) is 48.7 Å². The second kappa shape index (κ2) is 12.0. The van der Waals surface area contributed by atoms with E-state index in [1.165, 1.54) is 22.8 Å². The van der Waals surface area contributed by atoms with E-state index in [9.17, 15) is 28.2 Å². The zero-order valence-electron chi connectivity index (χ0n) is 20.3. The van der Waals surface area contributed by atoms with Gasteiger partial charge in [-0.3, -0.25) is 4.79 Å². The molecule has 0 aliphatic carbocycles. The predicted molar refractivity (Wildman–Crippen MR) is 130 cm³/mol. The molecule has 0 saturated heterocycles. The van der Waals surface area contributed by atoms with Crippen LogP contribution in [0.5, 0.6) is 17.2 Å². The maximum atomic E-state index is 13.1. The summed E-state index contributed by atoms with van der Waals surface area (Å²) in [4.78, 5) is 15.0. The highest BCUT2D eigenvalue weighted by molar-refractivity contribution is 5.95. The third-order valence-electron chi connectivity index (χ3n) is 5.29. The minimum absolute atomic E-state index is 0.00796. The van der Waals surface area contributed by atoms with Crippen LogP contribution in [0.25, 0.3) is 11.4 Å². The van der Waals surface area contributed by atoms with E-state index in [0.29, 0.717) is 23.6 Å². The zero-order chi connectivity index (χ0) is 27.2. The molecule has 0 fully saturated rings. The van der Waals surface area contributed by atoms with Crippen LogP contribution in [0, 0.1) is 0 Å². The Labute approximate surface area is 211 Å². The van der Waals surface area contributed by atoms with Crippen molar-refractivity contribution in [1.82, 2.24) is 14.9 Å². The predicted octanol–water partition coefficient (Wildman–Crippen LogP) is 3.36. The number of nitrogens with two attached hydrogens (primary N) is 1. The van der Waals surface area contributed by atoms with Gasteiger partial charge in [0.05, 0.1) is 5.56 Å². The van der Waals surface area contributed by atoms with Gasteiger partial charge >= 0.3 is 6.18 Å². The lowest BCUT2D eigenvalue weighted by molar-refractivity contribution is -0.140. The van der Waals surface area contributed by atoms with E-state index >= 15 is 0 Å². The summed E-state index contributed by atoms with van der Waals surface area (Å²) < 4.78 is 51.9. The Morgan fingerprint density at radius 1 is 1.14 bits per heavy atom. The number of amides is 1. The van der Waals surface area contributed by atoms with Crippen LogP contribution in [0.1, 0.15) is 35.9 Å². The zero-order valence-corrected chi connectivity index (χ0v) is 20.3. The van der Waals surface area contributed by atoms with Gasteiger partial charge in [0.1, 0.15) is 42.4 Å². The van der Waals surface area contributed by atoms with Gasteiger partial charge in [-0.05, 0) is 56.3 Å². The molecule has 0 aliphatic heterocycles. The van der Waals surface area contributed by atoms with E-state index in [1.54, 1.807) is 38.1 Å². The fourth-order valence-electron chi connectivity index (χ4n) is 3.40. The number of ether oxygens (including phenoxy) is 2. The highest BCUT2D eigenvalue weighted by Crippen LogP contribution is 2.33. The Morgan fingerprint density at radius 2 is 1.81 bits per heavy atom. The van der Waals surface area contributed by atoms with Crippen molar-refractivity contribution in [3.05, 3.63) is 59.9 Å². The molecule has 3 aromatic rings. The van der Waals surface area contributed by atoms with Crippen LogP contribution >= 0.6 is 0 Å². The summed E-state index contributed by atoms with van der Waals surface area (Å²) in [5, 5.41) is 22.7. The first kappa shape index (κ1) is 27.8. The Kier molecular flexibility index (Phi) is 9.00. The van der Waals surface area contributed by atoms with Crippen LogP contribution in [0.4, 0.5) is 13.2 Å². The summed E-state index contributed by atoms with van der Waals surface area (Å²) in [6, 6.07) is 10.4. The molecular formula is C25H29F3N4O5. The highest BCUT2D eigenvalue weighted by Gasteiger charge is 2.35. The normalized spacial score (nSPS) is 12.5. The maximum absolute atomic E-state index is 13.1. The van der Waals surface area contributed by atoms with Gasteiger partial charge < -0.3 is 35.3 Å². The standard InChI is InChI=1S/C25H29F3N4O5/c1-15(2)32-13-22(25(26,27)28)31-24(32)16-3-5-18(6-4-16)37-14-17(33)12-30-9-10-36-19-7-8-21(34)20(11-19)23(29)35/h3-8,11,13,15,17,30,33-34H,9-10,12,14H2,1-2H3,(H2,29,35). The Hall–Kier alpha value is -3.77. The number of carbonyl (C=O) groups is 1. The molecule has 0 aliphatic rings. The van der Waals surface area contributed by atoms with Crippen molar-refractivity contribution in [3.8, 4) is 28.6 Å². The smallest absolute Gasteiger partial charge is 0.434 e. The molecule has 3 rings (SSSR count). The summed E-state index contributed by atoms with van der Waals surface area (Å²) in [5.74, 6) is 0.0246. The number of rotatable bonds is 12. The van der Waals surface area contributed by atoms with Gasteiger partial charge in [-0.15, -0.1) is 0 Å². The minimum atomic E-state index is -4.53. The fraction of sp³-hybridized carbons (Fsp3) is 0.360. The van der Waals surface area contributed by atoms with Crippen LogP contribution in [-0.2, 0) is 6.18 Å². The van der Waals surface area contributed by atoms with Crippen LogP contribution in [0.3, 0.4) is 0 Å². The number of alkyl halides is 3. The number of hydrogen-bond acceptors (Lipinski definition) is 7. The molecule has 5 N–H and O–H groups in total. The van der Waals surface area contributed by atoms with Gasteiger partial charge in [-0.2, -0.15) is 13.2 Å². The molecule has 1 heterocycles. The summed E-state index contributed by atoms with van der Waals surface area (Å²) in [6.07, 6.45) is -4.36. The monoisotopic (exact) mass is 522 g/mol. The fourth-order valence-corrected chi connectivity index (χ4v) is 3.40. The second-order valence-corrected chi connectivity index (χ2v) is 8.53. The van der Waals surface area contributed by atoms with Gasteiger partial charge in [0.2, 0.25) is 0 Å². The maximum Gasteiger partial charge on any atom is 0.434 e. The third kappa shape index (κ3) is 7.61. The van der Waals surface area contributed by atoms with Crippen molar-refractivity contribution in [1.29, 1.82) is 0 Å². The Morgan fingerprint density at radius 3 is 2.43 bits per heavy atom. The lowest BCUT2D eigenvalue weighted by Gasteiger charge is -2.14. The molecule has 1 aromatic heterocycles. The van der Waals surface area contributed by atoms with Crippen molar-refractivity contribution in [2.24, 2.45) is 5.73 Å². The lowest BCUT2D eigenvalue weighted by atomic mass is 10.2. The molecule has 12 heteroatoms. The highest BCUT2D eigenvalue weighted by atomic mass is 19.4. The number of primary amides is 1. The van der Waals surface area contributed by atoms with E-state index in [1.807, 2.05) is 0 Å². The van der Waals surface area contributed by atoms with Gasteiger partial charge in [0.25, 0.3) is 5.91 Å². The van der Waals surface area contributed by atoms with Gasteiger partial charge in [-0.25, -0.2) is 4.98 Å². The number of nitrogens with zero attached hydrogens (tertiary/aromatic N) is 2. The number of halogens is 3. The molecule has 0 radical (unpaired) electrons. The first-order valence-corrected chi connectivity index (χ1v) is 11.5. The summed E-state index contributed by atoms with van der Waals surface area (Å²) in [5.41, 5.74) is 4.70. The van der Waals surface area contributed by atoms with E-state index in [4.69, 9.17) is 15.2 Å². The van der Waals surface area contributed by atoms with Crippen molar-refractivity contribution in [3.63, 3.8) is 0 Å². The molecule has 200 valence electrons. The van der Waals surface area contributed by atoms with Gasteiger partial charge in [0.15, 0.2) is 5.69 Å². The number of benzene rings is 2. The summed E-state index contributed by atoms with van der Waals surface area (Å²) in [7, 11) is 0. The van der Waals surface area contributed by atoms with Gasteiger partial charge in [0, 0.05) is 30.9 Å². The van der Waals surface area contributed by atoms with E-state index in [2.05, 4.69) is 10.3 Å². The minimum Gasteiger partial charge on any atom is -0.507 e. The van der Waals surface area contributed by atoms with Crippen molar-refractivity contribution < 1.29 is 37.7 Å². The molecule has 1 atom stereocenters. The molecule has 0 bridgehead atoms. The first-order valence-electron chi connectivity index (χ1n) is 11.5. The number of carbonyl (C=O) groups excluding carboxylic acids is 1. The summed E-state index contributed by atoms with van der Waals surface area (Å²) >= 11 is 0. The number of nitrogens with one attached hydrogen (secondary N) is 1.